The van der Waals surface area contributed by atoms with Gasteiger partial charge in [-0.3, -0.25) is 9.59 Å². The van der Waals surface area contributed by atoms with Crippen LogP contribution >= 0.6 is 0 Å². The van der Waals surface area contributed by atoms with Crippen molar-refractivity contribution in [1.82, 2.24) is 0 Å². The number of amides is 1. The molecule has 2 aromatic carbocycles. The molecule has 0 aliphatic heterocycles. The maximum Gasteiger partial charge on any atom is 0.241 e. The fourth-order valence-electron chi connectivity index (χ4n) is 2.48. The number of carbonyl (C=O) groups excluding carboxylic acids is 2. The minimum Gasteiger partial charge on any atom is -0.495 e. The van der Waals surface area contributed by atoms with Crippen molar-refractivity contribution in [3.05, 3.63) is 48.0 Å². The van der Waals surface area contributed by atoms with Crippen molar-refractivity contribution < 1.29 is 27.5 Å². The second-order valence-corrected chi connectivity index (χ2v) is 7.37. The summed E-state index contributed by atoms with van der Waals surface area (Å²) < 4.78 is 33.5. The summed E-state index contributed by atoms with van der Waals surface area (Å²) in [7, 11) is -2.70. The largest absolute Gasteiger partial charge is 0.495 e. The minimum absolute atomic E-state index is 0.0119. The van der Waals surface area contributed by atoms with E-state index in [1.54, 1.807) is 24.3 Å². The maximum atomic E-state index is 12.2. The van der Waals surface area contributed by atoms with Gasteiger partial charge in [-0.05, 0) is 49.4 Å². The number of primary sulfonamides is 1. The molecule has 0 aliphatic carbocycles. The molecule has 8 nitrogen and oxygen atoms in total. The number of nitrogens with one attached hydrogen (secondary N) is 1. The van der Waals surface area contributed by atoms with Gasteiger partial charge in [-0.2, -0.15) is 0 Å². The normalized spacial score (nSPS) is 11.0. The lowest BCUT2D eigenvalue weighted by Gasteiger charge is -2.10. The fourth-order valence-corrected chi connectivity index (χ4v) is 3.20. The van der Waals surface area contributed by atoms with Crippen molar-refractivity contribution in [2.75, 3.05) is 19.0 Å². The van der Waals surface area contributed by atoms with Crippen molar-refractivity contribution in [3.63, 3.8) is 0 Å². The van der Waals surface area contributed by atoms with Gasteiger partial charge in [-0.25, -0.2) is 13.6 Å². The number of carbonyl (C=O) groups is 2. The molecule has 0 saturated carbocycles. The molecule has 0 unspecified atom stereocenters. The number of hydrogen-bond donors (Lipinski definition) is 2. The number of anilines is 1. The zero-order valence-corrected chi connectivity index (χ0v) is 16.4. The van der Waals surface area contributed by atoms with Gasteiger partial charge in [0.1, 0.15) is 16.4 Å². The van der Waals surface area contributed by atoms with E-state index in [1.807, 2.05) is 6.92 Å². The highest BCUT2D eigenvalue weighted by molar-refractivity contribution is 7.89. The van der Waals surface area contributed by atoms with Crippen LogP contribution in [-0.2, 0) is 14.8 Å². The molecule has 3 N–H and O–H groups in total. The van der Waals surface area contributed by atoms with Gasteiger partial charge < -0.3 is 14.8 Å². The summed E-state index contributed by atoms with van der Waals surface area (Å²) in [6.45, 7) is 2.40. The molecule has 0 atom stereocenters. The number of nitrogens with two attached hydrogens (primary N) is 1. The molecule has 0 fully saturated rings. The summed E-state index contributed by atoms with van der Waals surface area (Å²) in [4.78, 5) is 24.1. The summed E-state index contributed by atoms with van der Waals surface area (Å²) in [5.74, 6) is 0.135. The summed E-state index contributed by atoms with van der Waals surface area (Å²) in [5, 5.41) is 7.70. The van der Waals surface area contributed by atoms with Crippen molar-refractivity contribution in [2.45, 2.75) is 24.7 Å². The SMILES string of the molecule is CCOc1ccc(C(=O)CCC(=O)Nc2ccc(OC)c(S(N)(=O)=O)c2)cc1. The van der Waals surface area contributed by atoms with Crippen molar-refractivity contribution in [2.24, 2.45) is 5.14 Å². The number of Topliss-reactive ketones (excluding diaryl/α,β-unsaturated/α-hetero) is 1. The van der Waals surface area contributed by atoms with Crippen LogP contribution in [0.25, 0.3) is 0 Å². The second-order valence-electron chi connectivity index (χ2n) is 5.84. The van der Waals surface area contributed by atoms with Crippen LogP contribution in [0.4, 0.5) is 5.69 Å². The van der Waals surface area contributed by atoms with E-state index >= 15 is 0 Å². The van der Waals surface area contributed by atoms with Crippen LogP contribution < -0.4 is 19.9 Å². The molecule has 0 spiro atoms. The zero-order valence-electron chi connectivity index (χ0n) is 15.6. The number of sulfonamides is 1. The first-order valence-corrected chi connectivity index (χ1v) is 10.1. The number of ether oxygens (including phenoxy) is 2. The third-order valence-electron chi connectivity index (χ3n) is 3.82. The number of ketones is 1. The average Bonchev–Trinajstić information content (AvgIpc) is 2.66. The van der Waals surface area contributed by atoms with E-state index in [0.717, 1.165) is 0 Å². The van der Waals surface area contributed by atoms with Gasteiger partial charge in [-0.15, -0.1) is 0 Å². The van der Waals surface area contributed by atoms with Crippen LogP contribution in [-0.4, -0.2) is 33.8 Å². The first kappa shape index (κ1) is 21.4. The number of benzene rings is 2. The molecule has 28 heavy (non-hydrogen) atoms. The third kappa shape index (κ3) is 5.80. The molecule has 1 amide bonds. The Bertz CT molecular complexity index is 955. The van der Waals surface area contributed by atoms with Gasteiger partial charge in [0, 0.05) is 24.1 Å². The van der Waals surface area contributed by atoms with E-state index < -0.39 is 15.9 Å². The highest BCUT2D eigenvalue weighted by Gasteiger charge is 2.17. The Hall–Kier alpha value is -2.91. The van der Waals surface area contributed by atoms with Crippen molar-refractivity contribution in [3.8, 4) is 11.5 Å². The summed E-state index contributed by atoms with van der Waals surface area (Å²) >= 11 is 0. The van der Waals surface area contributed by atoms with Gasteiger partial charge in [0.2, 0.25) is 15.9 Å². The van der Waals surface area contributed by atoms with Crippen molar-refractivity contribution in [1.29, 1.82) is 0 Å². The third-order valence-corrected chi connectivity index (χ3v) is 4.75. The van der Waals surface area contributed by atoms with E-state index in [-0.39, 0.29) is 35.0 Å². The standard InChI is InChI=1S/C19H22N2O6S/c1-3-27-15-7-4-13(5-8-15)16(22)9-11-19(23)21-14-6-10-17(26-2)18(12-14)28(20,24)25/h4-8,10,12H,3,9,11H2,1-2H3,(H,21,23)(H2,20,24,25). The molecule has 0 bridgehead atoms. The zero-order chi connectivity index (χ0) is 20.7. The van der Waals surface area contributed by atoms with Crippen LogP contribution in [0.2, 0.25) is 0 Å². The highest BCUT2D eigenvalue weighted by Crippen LogP contribution is 2.26. The Balaban J connectivity index is 1.98. The van der Waals surface area contributed by atoms with Gasteiger partial charge >= 0.3 is 0 Å². The van der Waals surface area contributed by atoms with Crippen LogP contribution in [0, 0.1) is 0 Å². The van der Waals surface area contributed by atoms with E-state index in [2.05, 4.69) is 5.32 Å². The fraction of sp³-hybridized carbons (Fsp3) is 0.263. The first-order valence-electron chi connectivity index (χ1n) is 8.51. The lowest BCUT2D eigenvalue weighted by atomic mass is 10.1. The van der Waals surface area contributed by atoms with E-state index in [9.17, 15) is 18.0 Å². The summed E-state index contributed by atoms with van der Waals surface area (Å²) in [5.41, 5.74) is 0.723. The Morgan fingerprint density at radius 2 is 1.75 bits per heavy atom. The van der Waals surface area contributed by atoms with Gasteiger partial charge in [0.05, 0.1) is 13.7 Å². The second kappa shape index (κ2) is 9.34. The number of methoxy groups -OCH3 is 1. The number of rotatable bonds is 9. The summed E-state index contributed by atoms with van der Waals surface area (Å²) in [6.07, 6.45) is -0.0409. The molecular weight excluding hydrogens is 384 g/mol. The van der Waals surface area contributed by atoms with Gasteiger partial charge in [-0.1, -0.05) is 0 Å². The first-order chi connectivity index (χ1) is 13.2. The Morgan fingerprint density at radius 1 is 1.07 bits per heavy atom. The molecule has 0 heterocycles. The Kier molecular flexibility index (Phi) is 7.13. The van der Waals surface area contributed by atoms with E-state index in [4.69, 9.17) is 14.6 Å². The Morgan fingerprint density at radius 3 is 2.32 bits per heavy atom. The lowest BCUT2D eigenvalue weighted by molar-refractivity contribution is -0.116. The molecule has 2 rings (SSSR count). The molecule has 9 heteroatoms. The van der Waals surface area contributed by atoms with Crippen LogP contribution in [0.15, 0.2) is 47.4 Å². The van der Waals surface area contributed by atoms with E-state index in [0.29, 0.717) is 17.9 Å². The van der Waals surface area contributed by atoms with Gasteiger partial charge in [0.25, 0.3) is 0 Å². The molecule has 0 saturated heterocycles. The molecular formula is C19H22N2O6S. The van der Waals surface area contributed by atoms with Crippen molar-refractivity contribution >= 4 is 27.4 Å². The quantitative estimate of drug-likeness (QED) is 0.616. The molecule has 2 aromatic rings. The smallest absolute Gasteiger partial charge is 0.241 e. The number of hydrogen-bond acceptors (Lipinski definition) is 6. The maximum absolute atomic E-state index is 12.2. The highest BCUT2D eigenvalue weighted by atomic mass is 32.2. The monoisotopic (exact) mass is 406 g/mol. The van der Waals surface area contributed by atoms with Crippen LogP contribution in [0.1, 0.15) is 30.1 Å². The molecule has 0 aliphatic rings. The molecule has 150 valence electrons. The van der Waals surface area contributed by atoms with Crippen LogP contribution in [0.3, 0.4) is 0 Å². The molecule has 0 aromatic heterocycles. The predicted octanol–water partition coefficient (Wildman–Crippen LogP) is 2.34. The topological polar surface area (TPSA) is 125 Å². The summed E-state index contributed by atoms with van der Waals surface area (Å²) in [6, 6.07) is 10.8. The van der Waals surface area contributed by atoms with E-state index in [1.165, 1.54) is 25.3 Å². The molecule has 0 radical (unpaired) electrons. The lowest BCUT2D eigenvalue weighted by Crippen LogP contribution is -2.16. The predicted molar refractivity (Wildman–Crippen MR) is 104 cm³/mol. The minimum atomic E-state index is -4.01. The van der Waals surface area contributed by atoms with Crippen LogP contribution in [0.5, 0.6) is 11.5 Å². The average molecular weight is 406 g/mol. The Labute approximate surface area is 163 Å². The van der Waals surface area contributed by atoms with Gasteiger partial charge in [0.15, 0.2) is 5.78 Å².